The molecule has 1 aliphatic rings. The van der Waals surface area contributed by atoms with Crippen molar-refractivity contribution in [3.63, 3.8) is 0 Å². The fraction of sp³-hybridized carbons (Fsp3) is 0.238. The quantitative estimate of drug-likeness (QED) is 0.779. The van der Waals surface area contributed by atoms with Gasteiger partial charge >= 0.3 is 0 Å². The molecule has 1 aromatic heterocycles. The summed E-state index contributed by atoms with van der Waals surface area (Å²) < 4.78 is 13.3. The van der Waals surface area contributed by atoms with Gasteiger partial charge in [-0.1, -0.05) is 18.2 Å². The molecule has 2 heterocycles. The molecule has 0 unspecified atom stereocenters. The Labute approximate surface area is 156 Å². The van der Waals surface area contributed by atoms with Gasteiger partial charge in [0.2, 0.25) is 5.91 Å². The lowest BCUT2D eigenvalue weighted by molar-refractivity contribution is -0.130. The molecule has 0 saturated carbocycles. The molecule has 1 saturated heterocycles. The van der Waals surface area contributed by atoms with Gasteiger partial charge in [0.05, 0.1) is 17.7 Å². The average molecular weight is 362 g/mol. The number of carbonyl (C=O) groups excluding carboxylic acids is 1. The van der Waals surface area contributed by atoms with Crippen molar-refractivity contribution in [3.8, 4) is 6.07 Å². The monoisotopic (exact) mass is 362 g/mol. The van der Waals surface area contributed by atoms with Crippen LogP contribution in [0.4, 0.5) is 10.1 Å². The number of aromatic nitrogens is 1. The van der Waals surface area contributed by atoms with E-state index in [1.807, 2.05) is 46.3 Å². The fourth-order valence-corrected chi connectivity index (χ4v) is 3.62. The molecular formula is C21H19FN4O. The van der Waals surface area contributed by atoms with Crippen molar-refractivity contribution < 1.29 is 9.18 Å². The number of rotatable bonds is 3. The Morgan fingerprint density at radius 1 is 1.15 bits per heavy atom. The molecule has 5 nitrogen and oxygen atoms in total. The number of halogens is 1. The number of benzene rings is 2. The molecule has 3 aromatic rings. The lowest BCUT2D eigenvalue weighted by Gasteiger charge is -2.36. The number of aromatic amines is 1. The van der Waals surface area contributed by atoms with E-state index < -0.39 is 5.82 Å². The van der Waals surface area contributed by atoms with Crippen molar-refractivity contribution in [1.82, 2.24) is 9.88 Å². The van der Waals surface area contributed by atoms with Crippen LogP contribution in [0.5, 0.6) is 0 Å². The maximum Gasteiger partial charge on any atom is 0.227 e. The Bertz CT molecular complexity index is 1030. The second-order valence-corrected chi connectivity index (χ2v) is 6.68. The van der Waals surface area contributed by atoms with Gasteiger partial charge in [-0.3, -0.25) is 4.79 Å². The molecule has 0 atom stereocenters. The number of amides is 1. The van der Waals surface area contributed by atoms with Gasteiger partial charge in [-0.05, 0) is 29.8 Å². The van der Waals surface area contributed by atoms with E-state index >= 15 is 0 Å². The number of piperazine rings is 1. The number of anilines is 1. The van der Waals surface area contributed by atoms with Gasteiger partial charge < -0.3 is 14.8 Å². The topological polar surface area (TPSA) is 63.1 Å². The van der Waals surface area contributed by atoms with Gasteiger partial charge in [0.15, 0.2) is 0 Å². The summed E-state index contributed by atoms with van der Waals surface area (Å²) in [6.07, 6.45) is 2.26. The summed E-state index contributed by atoms with van der Waals surface area (Å²) in [5.74, 6) is -0.318. The number of nitriles is 1. The van der Waals surface area contributed by atoms with E-state index in [0.717, 1.165) is 22.2 Å². The molecule has 0 spiro atoms. The maximum atomic E-state index is 13.3. The van der Waals surface area contributed by atoms with Crippen LogP contribution in [0.25, 0.3) is 10.9 Å². The van der Waals surface area contributed by atoms with Gasteiger partial charge in [0.25, 0.3) is 0 Å². The first kappa shape index (κ1) is 17.1. The predicted octanol–water partition coefficient (Wildman–Crippen LogP) is 3.07. The summed E-state index contributed by atoms with van der Waals surface area (Å²) in [5.41, 5.74) is 3.09. The van der Waals surface area contributed by atoms with Crippen LogP contribution in [0.3, 0.4) is 0 Å². The summed E-state index contributed by atoms with van der Waals surface area (Å²) in [4.78, 5) is 19.8. The Kier molecular flexibility index (Phi) is 4.51. The van der Waals surface area contributed by atoms with Gasteiger partial charge in [-0.2, -0.15) is 5.26 Å². The molecule has 0 bridgehead atoms. The van der Waals surface area contributed by atoms with Crippen LogP contribution in [0.15, 0.2) is 48.7 Å². The standard InChI is InChI=1S/C21H19FN4O/c22-17-5-6-20(15(11-17)13-23)25-7-9-26(10-8-25)21(27)12-16-14-24-19-4-2-1-3-18(16)19/h1-6,11,14,24H,7-10,12H2. The van der Waals surface area contributed by atoms with Crippen LogP contribution in [-0.4, -0.2) is 42.0 Å². The van der Waals surface area contributed by atoms with Crippen LogP contribution in [0.1, 0.15) is 11.1 Å². The largest absolute Gasteiger partial charge is 0.367 e. The smallest absolute Gasteiger partial charge is 0.227 e. The minimum absolute atomic E-state index is 0.0963. The first-order chi connectivity index (χ1) is 13.2. The minimum atomic E-state index is -0.414. The number of carbonyl (C=O) groups is 1. The summed E-state index contributed by atoms with van der Waals surface area (Å²) in [5, 5.41) is 10.3. The molecule has 1 amide bonds. The third kappa shape index (κ3) is 3.36. The molecule has 4 rings (SSSR count). The Hall–Kier alpha value is -3.33. The molecule has 0 radical (unpaired) electrons. The molecular weight excluding hydrogens is 343 g/mol. The summed E-state index contributed by atoms with van der Waals surface area (Å²) in [6.45, 7) is 2.42. The number of nitrogens with one attached hydrogen (secondary N) is 1. The van der Waals surface area contributed by atoms with Crippen LogP contribution in [0, 0.1) is 17.1 Å². The number of hydrogen-bond donors (Lipinski definition) is 1. The number of nitrogens with zero attached hydrogens (tertiary/aromatic N) is 3. The summed E-state index contributed by atoms with van der Waals surface area (Å²) in [7, 11) is 0. The highest BCUT2D eigenvalue weighted by Crippen LogP contribution is 2.23. The van der Waals surface area contributed by atoms with E-state index in [1.54, 1.807) is 6.07 Å². The highest BCUT2D eigenvalue weighted by molar-refractivity contribution is 5.89. The van der Waals surface area contributed by atoms with E-state index in [0.29, 0.717) is 38.2 Å². The van der Waals surface area contributed by atoms with Crippen LogP contribution >= 0.6 is 0 Å². The SMILES string of the molecule is N#Cc1cc(F)ccc1N1CCN(C(=O)Cc2c[nH]c3ccccc23)CC1. The van der Waals surface area contributed by atoms with E-state index in [9.17, 15) is 14.4 Å². The molecule has 136 valence electrons. The predicted molar refractivity (Wildman–Crippen MR) is 102 cm³/mol. The number of H-pyrrole nitrogens is 1. The Morgan fingerprint density at radius 2 is 1.93 bits per heavy atom. The third-order valence-corrected chi connectivity index (χ3v) is 5.07. The van der Waals surface area contributed by atoms with Crippen molar-refractivity contribution in [2.75, 3.05) is 31.1 Å². The summed E-state index contributed by atoms with van der Waals surface area (Å²) in [6, 6.07) is 14.3. The number of para-hydroxylation sites is 1. The van der Waals surface area contributed by atoms with E-state index in [-0.39, 0.29) is 5.91 Å². The molecule has 27 heavy (non-hydrogen) atoms. The van der Waals surface area contributed by atoms with Gasteiger partial charge in [0.1, 0.15) is 11.9 Å². The van der Waals surface area contributed by atoms with E-state index in [1.165, 1.54) is 12.1 Å². The molecule has 1 aliphatic heterocycles. The molecule has 6 heteroatoms. The van der Waals surface area contributed by atoms with Gasteiger partial charge in [-0.25, -0.2) is 4.39 Å². The normalized spacial score (nSPS) is 14.4. The zero-order valence-corrected chi connectivity index (χ0v) is 14.8. The summed E-state index contributed by atoms with van der Waals surface area (Å²) >= 11 is 0. The van der Waals surface area contributed by atoms with Crippen molar-refractivity contribution in [2.45, 2.75) is 6.42 Å². The number of fused-ring (bicyclic) bond motifs is 1. The first-order valence-corrected chi connectivity index (χ1v) is 8.93. The van der Waals surface area contributed by atoms with Gasteiger partial charge in [0, 0.05) is 43.3 Å². The van der Waals surface area contributed by atoms with Gasteiger partial charge in [-0.15, -0.1) is 0 Å². The van der Waals surface area contributed by atoms with E-state index in [4.69, 9.17) is 0 Å². The first-order valence-electron chi connectivity index (χ1n) is 8.93. The fourth-order valence-electron chi connectivity index (χ4n) is 3.62. The Balaban J connectivity index is 1.42. The van der Waals surface area contributed by atoms with Crippen LogP contribution in [-0.2, 0) is 11.2 Å². The van der Waals surface area contributed by atoms with Crippen molar-refractivity contribution in [1.29, 1.82) is 5.26 Å². The van der Waals surface area contributed by atoms with Crippen molar-refractivity contribution in [2.24, 2.45) is 0 Å². The second-order valence-electron chi connectivity index (χ2n) is 6.68. The lowest BCUT2D eigenvalue weighted by Crippen LogP contribution is -2.49. The average Bonchev–Trinajstić information content (AvgIpc) is 3.11. The second kappa shape index (κ2) is 7.12. The zero-order valence-electron chi connectivity index (χ0n) is 14.8. The highest BCUT2D eigenvalue weighted by atomic mass is 19.1. The molecule has 0 aliphatic carbocycles. The molecule has 1 fully saturated rings. The van der Waals surface area contributed by atoms with Crippen molar-refractivity contribution >= 4 is 22.5 Å². The highest BCUT2D eigenvalue weighted by Gasteiger charge is 2.23. The van der Waals surface area contributed by atoms with E-state index in [2.05, 4.69) is 4.98 Å². The molecule has 2 aromatic carbocycles. The van der Waals surface area contributed by atoms with Crippen molar-refractivity contribution in [3.05, 3.63) is 65.6 Å². The van der Waals surface area contributed by atoms with Crippen LogP contribution < -0.4 is 4.90 Å². The maximum absolute atomic E-state index is 13.3. The molecule has 1 N–H and O–H groups in total. The zero-order chi connectivity index (χ0) is 18.8. The third-order valence-electron chi connectivity index (χ3n) is 5.07. The lowest BCUT2D eigenvalue weighted by atomic mass is 10.1. The Morgan fingerprint density at radius 3 is 2.70 bits per heavy atom. The minimum Gasteiger partial charge on any atom is -0.367 e. The number of hydrogen-bond acceptors (Lipinski definition) is 3. The van der Waals surface area contributed by atoms with Crippen LogP contribution in [0.2, 0.25) is 0 Å².